The number of hydrogen-bond donors (Lipinski definition) is 1. The monoisotopic (exact) mass is 630 g/mol. The maximum Gasteiger partial charge on any atom is 0.282 e. The van der Waals surface area contributed by atoms with E-state index in [1.807, 2.05) is 44.3 Å². The Morgan fingerprint density at radius 1 is 0.905 bits per heavy atom. The number of anilines is 1. The Morgan fingerprint density at radius 2 is 1.57 bits per heavy atom. The van der Waals surface area contributed by atoms with Gasteiger partial charge in [-0.25, -0.2) is 4.98 Å². The Morgan fingerprint density at radius 3 is 2.21 bits per heavy atom. The molecule has 42 heavy (non-hydrogen) atoms. The third kappa shape index (κ3) is 5.79. The van der Waals surface area contributed by atoms with Gasteiger partial charge in [0.05, 0.1) is 15.6 Å². The number of likely N-dealkylation sites (N-methyl/N-ethyl adjacent to an activating group) is 1. The molecule has 0 radical (unpaired) electrons. The zero-order valence-corrected chi connectivity index (χ0v) is 25.7. The summed E-state index contributed by atoms with van der Waals surface area (Å²) in [4.78, 5) is 13.0. The van der Waals surface area contributed by atoms with Gasteiger partial charge < -0.3 is 14.5 Å². The maximum atomic E-state index is 13.1. The van der Waals surface area contributed by atoms with Crippen LogP contribution >= 0.6 is 23.2 Å². The molecule has 5 heterocycles. The number of halogens is 2. The number of nitrogens with one attached hydrogen (secondary N) is 1. The van der Waals surface area contributed by atoms with Gasteiger partial charge >= 0.3 is 0 Å². The number of aromatic amines is 1. The first-order valence-electron chi connectivity index (χ1n) is 13.8. The standard InChI is InChI=1S/C28H32Cl2N8O3S/c1-19(27-23(29)17-31-18-24(27)30)41-21-4-5-25-22(15-21)28(34-33-25)20-3-6-26(32-16-20)36-9-13-38(14-10-36)42(39,40)37-11-7-35(2)8-12-37/h3-6,15-19H,7-14H2,1-2H3,(H,33,34)/t19-/m1/s1. The van der Waals surface area contributed by atoms with Crippen molar-refractivity contribution in [2.24, 2.45) is 0 Å². The van der Waals surface area contributed by atoms with Crippen LogP contribution in [0.5, 0.6) is 5.75 Å². The van der Waals surface area contributed by atoms with Crippen LogP contribution in [0.25, 0.3) is 22.2 Å². The van der Waals surface area contributed by atoms with E-state index in [4.69, 9.17) is 32.9 Å². The molecule has 3 aromatic heterocycles. The summed E-state index contributed by atoms with van der Waals surface area (Å²) >= 11 is 12.6. The summed E-state index contributed by atoms with van der Waals surface area (Å²) in [5.74, 6) is 1.45. The minimum Gasteiger partial charge on any atom is -0.486 e. The van der Waals surface area contributed by atoms with Gasteiger partial charge in [-0.2, -0.15) is 22.1 Å². The molecule has 0 bridgehead atoms. The van der Waals surface area contributed by atoms with Crippen molar-refractivity contribution in [1.29, 1.82) is 0 Å². The largest absolute Gasteiger partial charge is 0.486 e. The van der Waals surface area contributed by atoms with E-state index in [0.29, 0.717) is 60.6 Å². The number of nitrogens with zero attached hydrogens (tertiary/aromatic N) is 7. The Kier molecular flexibility index (Phi) is 8.27. The molecule has 0 saturated carbocycles. The smallest absolute Gasteiger partial charge is 0.282 e. The highest BCUT2D eigenvalue weighted by molar-refractivity contribution is 7.86. The number of ether oxygens (including phenoxy) is 1. The summed E-state index contributed by atoms with van der Waals surface area (Å²) in [6.07, 6.45) is 4.50. The van der Waals surface area contributed by atoms with Crippen molar-refractivity contribution in [3.63, 3.8) is 0 Å². The van der Waals surface area contributed by atoms with Gasteiger partial charge in [0.25, 0.3) is 10.2 Å². The van der Waals surface area contributed by atoms with Gasteiger partial charge in [-0.05, 0) is 44.3 Å². The van der Waals surface area contributed by atoms with Crippen LogP contribution in [0.3, 0.4) is 0 Å². The molecule has 6 rings (SSSR count). The number of rotatable bonds is 7. The van der Waals surface area contributed by atoms with Gasteiger partial charge in [-0.15, -0.1) is 0 Å². The molecule has 0 amide bonds. The fourth-order valence-electron chi connectivity index (χ4n) is 5.40. The van der Waals surface area contributed by atoms with Crippen molar-refractivity contribution in [3.05, 3.63) is 64.5 Å². The van der Waals surface area contributed by atoms with Crippen molar-refractivity contribution >= 4 is 50.1 Å². The molecule has 0 aliphatic carbocycles. The van der Waals surface area contributed by atoms with Gasteiger partial charge in [0.15, 0.2) is 0 Å². The number of H-pyrrole nitrogens is 1. The highest BCUT2D eigenvalue weighted by atomic mass is 35.5. The molecular weight excluding hydrogens is 599 g/mol. The Labute approximate surface area is 255 Å². The Balaban J connectivity index is 1.13. The summed E-state index contributed by atoms with van der Waals surface area (Å²) in [5.41, 5.74) is 3.15. The molecule has 14 heteroatoms. The van der Waals surface area contributed by atoms with E-state index in [1.54, 1.807) is 27.2 Å². The van der Waals surface area contributed by atoms with Crippen LogP contribution < -0.4 is 9.64 Å². The lowest BCUT2D eigenvalue weighted by molar-refractivity contribution is 0.210. The predicted molar refractivity (Wildman–Crippen MR) is 164 cm³/mol. The normalized spacial score (nSPS) is 18.4. The van der Waals surface area contributed by atoms with E-state index in [0.717, 1.165) is 41.1 Å². The second kappa shape index (κ2) is 11.9. The fraction of sp³-hybridized carbons (Fsp3) is 0.393. The summed E-state index contributed by atoms with van der Waals surface area (Å²) in [6.45, 7) is 6.47. The first-order chi connectivity index (χ1) is 20.2. The van der Waals surface area contributed by atoms with Crippen molar-refractivity contribution in [2.75, 3.05) is 64.3 Å². The lowest BCUT2D eigenvalue weighted by atomic mass is 10.1. The summed E-state index contributed by atoms with van der Waals surface area (Å²) < 4.78 is 35.6. The SMILES string of the molecule is C[C@@H](Oc1ccc2[nH]nc(-c3ccc(N4CCN(S(=O)(=O)N5CCN(C)CC5)CC4)nc3)c2c1)c1c(Cl)cncc1Cl. The minimum absolute atomic E-state index is 0.390. The zero-order chi connectivity index (χ0) is 29.4. The Bertz CT molecular complexity index is 1650. The number of benzene rings is 1. The molecule has 4 aromatic rings. The van der Waals surface area contributed by atoms with Crippen LogP contribution in [0.1, 0.15) is 18.6 Å². The van der Waals surface area contributed by atoms with Crippen molar-refractivity contribution in [3.8, 4) is 17.0 Å². The van der Waals surface area contributed by atoms with E-state index >= 15 is 0 Å². The predicted octanol–water partition coefficient (Wildman–Crippen LogP) is 4.08. The number of piperazine rings is 2. The van der Waals surface area contributed by atoms with Gasteiger partial charge in [-0.1, -0.05) is 23.2 Å². The van der Waals surface area contributed by atoms with Crippen LogP contribution in [0.4, 0.5) is 5.82 Å². The average Bonchev–Trinajstić information content (AvgIpc) is 3.41. The molecule has 2 aliphatic heterocycles. The lowest BCUT2D eigenvalue weighted by Gasteiger charge is -2.39. The second-order valence-corrected chi connectivity index (χ2v) is 13.3. The molecule has 2 aliphatic rings. The molecular formula is C28H32Cl2N8O3S. The minimum atomic E-state index is -3.45. The first-order valence-corrected chi connectivity index (χ1v) is 15.9. The molecule has 222 valence electrons. The lowest BCUT2D eigenvalue weighted by Crippen LogP contribution is -2.56. The fourth-order valence-corrected chi connectivity index (χ4v) is 7.65. The van der Waals surface area contributed by atoms with Crippen LogP contribution in [-0.2, 0) is 10.2 Å². The second-order valence-electron chi connectivity index (χ2n) is 10.6. The quantitative estimate of drug-likeness (QED) is 0.325. The topological polar surface area (TPSA) is 111 Å². The number of fused-ring (bicyclic) bond motifs is 1. The van der Waals surface area contributed by atoms with Gasteiger partial charge in [0, 0.05) is 87.5 Å². The van der Waals surface area contributed by atoms with Crippen molar-refractivity contribution < 1.29 is 13.2 Å². The number of hydrogen-bond acceptors (Lipinski definition) is 8. The van der Waals surface area contributed by atoms with Crippen LogP contribution in [0.15, 0.2) is 48.9 Å². The van der Waals surface area contributed by atoms with Gasteiger partial charge in [-0.3, -0.25) is 10.1 Å². The van der Waals surface area contributed by atoms with E-state index in [1.165, 1.54) is 0 Å². The van der Waals surface area contributed by atoms with E-state index in [2.05, 4.69) is 25.0 Å². The summed E-state index contributed by atoms with van der Waals surface area (Å²) in [6, 6.07) is 9.66. The summed E-state index contributed by atoms with van der Waals surface area (Å²) in [5, 5.41) is 9.40. The zero-order valence-electron chi connectivity index (χ0n) is 23.4. The molecule has 1 atom stereocenters. The van der Waals surface area contributed by atoms with E-state index in [-0.39, 0.29) is 0 Å². The molecule has 0 unspecified atom stereocenters. The molecule has 2 fully saturated rings. The van der Waals surface area contributed by atoms with Gasteiger partial charge in [0.1, 0.15) is 23.4 Å². The Hall–Kier alpha value is -3.00. The number of aromatic nitrogens is 4. The maximum absolute atomic E-state index is 13.1. The molecule has 2 saturated heterocycles. The average molecular weight is 632 g/mol. The van der Waals surface area contributed by atoms with Crippen molar-refractivity contribution in [1.82, 2.24) is 33.7 Å². The van der Waals surface area contributed by atoms with Crippen LogP contribution in [0, 0.1) is 0 Å². The number of pyridine rings is 2. The molecule has 0 spiro atoms. The van der Waals surface area contributed by atoms with Crippen molar-refractivity contribution in [2.45, 2.75) is 13.0 Å². The summed E-state index contributed by atoms with van der Waals surface area (Å²) in [7, 11) is -1.43. The molecule has 1 N–H and O–H groups in total. The highest BCUT2D eigenvalue weighted by Crippen LogP contribution is 2.35. The van der Waals surface area contributed by atoms with E-state index < -0.39 is 16.3 Å². The van der Waals surface area contributed by atoms with Gasteiger partial charge in [0.2, 0.25) is 0 Å². The first kappa shape index (κ1) is 29.1. The highest BCUT2D eigenvalue weighted by Gasteiger charge is 2.34. The van der Waals surface area contributed by atoms with E-state index in [9.17, 15) is 8.42 Å². The third-order valence-corrected chi connectivity index (χ3v) is 10.5. The third-order valence-electron chi connectivity index (χ3n) is 7.84. The van der Waals surface area contributed by atoms with Crippen LogP contribution in [0.2, 0.25) is 10.0 Å². The molecule has 1 aromatic carbocycles. The molecule has 11 nitrogen and oxygen atoms in total. The van der Waals surface area contributed by atoms with Crippen LogP contribution in [-0.4, -0.2) is 101 Å².